The summed E-state index contributed by atoms with van der Waals surface area (Å²) >= 11 is 1.84. The smallest absolute Gasteiger partial charge is 0.229 e. The first-order chi connectivity index (χ1) is 11.4. The summed E-state index contributed by atoms with van der Waals surface area (Å²) in [5, 5.41) is 10.0. The average Bonchev–Trinajstić information content (AvgIpc) is 3.08. The fourth-order valence-electron chi connectivity index (χ4n) is 3.25. The SMILES string of the molecule is c1csc(CCN[C@@H]2CCCN(Cc3noc(C4CC4)n3)C2)c1. The van der Waals surface area contributed by atoms with Gasteiger partial charge in [0, 0.05) is 29.9 Å². The van der Waals surface area contributed by atoms with Crippen LogP contribution in [0.15, 0.2) is 22.0 Å². The Bertz CT molecular complexity index is 608. The minimum Gasteiger partial charge on any atom is -0.339 e. The van der Waals surface area contributed by atoms with Crippen LogP contribution in [0.4, 0.5) is 0 Å². The maximum Gasteiger partial charge on any atom is 0.229 e. The molecule has 0 unspecified atom stereocenters. The van der Waals surface area contributed by atoms with E-state index in [1.54, 1.807) is 0 Å². The van der Waals surface area contributed by atoms with Gasteiger partial charge in [-0.05, 0) is 50.1 Å². The van der Waals surface area contributed by atoms with Gasteiger partial charge in [-0.2, -0.15) is 4.98 Å². The van der Waals surface area contributed by atoms with Crippen molar-refractivity contribution in [2.24, 2.45) is 0 Å². The van der Waals surface area contributed by atoms with Gasteiger partial charge in [0.05, 0.1) is 6.54 Å². The lowest BCUT2D eigenvalue weighted by Crippen LogP contribution is -2.45. The lowest BCUT2D eigenvalue weighted by molar-refractivity contribution is 0.178. The van der Waals surface area contributed by atoms with Gasteiger partial charge in [0.1, 0.15) is 0 Å². The monoisotopic (exact) mass is 332 g/mol. The third kappa shape index (κ3) is 4.19. The van der Waals surface area contributed by atoms with Gasteiger partial charge < -0.3 is 9.84 Å². The maximum atomic E-state index is 5.36. The molecule has 5 nitrogen and oxygen atoms in total. The molecule has 0 spiro atoms. The zero-order valence-electron chi connectivity index (χ0n) is 13.4. The third-order valence-corrected chi connectivity index (χ3v) is 5.60. The zero-order valence-corrected chi connectivity index (χ0v) is 14.2. The molecular formula is C17H24N4OS. The molecule has 124 valence electrons. The molecule has 0 radical (unpaired) electrons. The topological polar surface area (TPSA) is 54.2 Å². The normalized spacial score (nSPS) is 22.5. The number of hydrogen-bond acceptors (Lipinski definition) is 6. The van der Waals surface area contributed by atoms with Crippen molar-refractivity contribution in [3.63, 3.8) is 0 Å². The first-order valence-electron chi connectivity index (χ1n) is 8.67. The van der Waals surface area contributed by atoms with E-state index in [1.807, 2.05) is 11.3 Å². The van der Waals surface area contributed by atoms with Crippen molar-refractivity contribution < 1.29 is 4.52 Å². The minimum absolute atomic E-state index is 0.546. The van der Waals surface area contributed by atoms with E-state index in [4.69, 9.17) is 4.52 Å². The van der Waals surface area contributed by atoms with Gasteiger partial charge in [-0.25, -0.2) is 0 Å². The van der Waals surface area contributed by atoms with E-state index in [2.05, 4.69) is 37.9 Å². The number of piperidine rings is 1. The molecule has 4 rings (SSSR count). The van der Waals surface area contributed by atoms with Crippen molar-refractivity contribution in [3.8, 4) is 0 Å². The molecule has 2 aliphatic rings. The van der Waals surface area contributed by atoms with E-state index < -0.39 is 0 Å². The molecule has 0 aromatic carbocycles. The van der Waals surface area contributed by atoms with Crippen LogP contribution in [0.3, 0.4) is 0 Å². The van der Waals surface area contributed by atoms with Crippen molar-refractivity contribution in [2.75, 3.05) is 19.6 Å². The van der Waals surface area contributed by atoms with Gasteiger partial charge in [0.25, 0.3) is 0 Å². The molecule has 1 aliphatic carbocycles. The summed E-state index contributed by atoms with van der Waals surface area (Å²) < 4.78 is 5.36. The molecular weight excluding hydrogens is 308 g/mol. The highest BCUT2D eigenvalue weighted by molar-refractivity contribution is 7.09. The van der Waals surface area contributed by atoms with Gasteiger partial charge in [-0.1, -0.05) is 11.2 Å². The van der Waals surface area contributed by atoms with E-state index in [0.717, 1.165) is 44.3 Å². The molecule has 0 bridgehead atoms. The first-order valence-corrected chi connectivity index (χ1v) is 9.55. The molecule has 1 aliphatic heterocycles. The number of likely N-dealkylation sites (tertiary alicyclic amines) is 1. The Labute approximate surface area is 141 Å². The Morgan fingerprint density at radius 1 is 1.35 bits per heavy atom. The predicted molar refractivity (Wildman–Crippen MR) is 90.6 cm³/mol. The van der Waals surface area contributed by atoms with E-state index in [9.17, 15) is 0 Å². The Morgan fingerprint density at radius 3 is 3.13 bits per heavy atom. The maximum absolute atomic E-state index is 5.36. The molecule has 1 N–H and O–H groups in total. The number of hydrogen-bond donors (Lipinski definition) is 1. The first kappa shape index (κ1) is 15.3. The molecule has 1 saturated carbocycles. The fraction of sp³-hybridized carbons (Fsp3) is 0.647. The van der Waals surface area contributed by atoms with Crippen LogP contribution in [0.1, 0.15) is 48.2 Å². The van der Waals surface area contributed by atoms with Crippen molar-refractivity contribution in [3.05, 3.63) is 34.1 Å². The molecule has 3 heterocycles. The standard InChI is InChI=1S/C17H24N4OS/c1-3-14(18-8-7-15-4-2-10-23-15)11-21(9-1)12-16-19-17(22-20-16)13-5-6-13/h2,4,10,13-14,18H,1,3,5-9,11-12H2/t14-/m1/s1. The fourth-order valence-corrected chi connectivity index (χ4v) is 3.96. The second-order valence-electron chi connectivity index (χ2n) is 6.68. The van der Waals surface area contributed by atoms with Crippen LogP contribution in [0.5, 0.6) is 0 Å². The molecule has 2 aromatic heterocycles. The number of thiophene rings is 1. The zero-order chi connectivity index (χ0) is 15.5. The number of nitrogens with zero attached hydrogens (tertiary/aromatic N) is 3. The molecule has 23 heavy (non-hydrogen) atoms. The second kappa shape index (κ2) is 7.11. The van der Waals surface area contributed by atoms with Crippen molar-refractivity contribution in [1.82, 2.24) is 20.4 Å². The lowest BCUT2D eigenvalue weighted by atomic mass is 10.1. The van der Waals surface area contributed by atoms with E-state index in [0.29, 0.717) is 12.0 Å². The second-order valence-corrected chi connectivity index (χ2v) is 7.71. The quantitative estimate of drug-likeness (QED) is 0.845. The van der Waals surface area contributed by atoms with E-state index in [1.165, 1.54) is 30.6 Å². The largest absolute Gasteiger partial charge is 0.339 e. The van der Waals surface area contributed by atoms with Crippen LogP contribution in [0.2, 0.25) is 0 Å². The van der Waals surface area contributed by atoms with Crippen LogP contribution in [0, 0.1) is 0 Å². The number of rotatable bonds is 7. The molecule has 1 atom stereocenters. The van der Waals surface area contributed by atoms with Gasteiger partial charge in [-0.15, -0.1) is 11.3 Å². The van der Waals surface area contributed by atoms with Crippen molar-refractivity contribution in [1.29, 1.82) is 0 Å². The third-order valence-electron chi connectivity index (χ3n) is 4.67. The predicted octanol–water partition coefficient (Wildman–Crippen LogP) is 2.81. The Hall–Kier alpha value is -1.24. The summed E-state index contributed by atoms with van der Waals surface area (Å²) in [4.78, 5) is 8.46. The molecule has 6 heteroatoms. The Kier molecular flexibility index (Phi) is 4.73. The van der Waals surface area contributed by atoms with Crippen LogP contribution in [-0.2, 0) is 13.0 Å². The lowest BCUT2D eigenvalue weighted by Gasteiger charge is -2.32. The molecule has 2 aromatic rings. The van der Waals surface area contributed by atoms with E-state index in [-0.39, 0.29) is 0 Å². The van der Waals surface area contributed by atoms with Gasteiger partial charge in [-0.3, -0.25) is 4.90 Å². The highest BCUT2D eigenvalue weighted by Gasteiger charge is 2.30. The number of nitrogens with one attached hydrogen (secondary N) is 1. The molecule has 0 amide bonds. The van der Waals surface area contributed by atoms with Crippen LogP contribution in [-0.4, -0.2) is 40.7 Å². The molecule has 2 fully saturated rings. The summed E-state index contributed by atoms with van der Waals surface area (Å²) in [6, 6.07) is 4.93. The average molecular weight is 332 g/mol. The minimum atomic E-state index is 0.546. The summed E-state index contributed by atoms with van der Waals surface area (Å²) in [5.74, 6) is 2.25. The van der Waals surface area contributed by atoms with Crippen LogP contribution < -0.4 is 5.32 Å². The Balaban J connectivity index is 1.23. The summed E-state index contributed by atoms with van der Waals surface area (Å²) in [6.07, 6.45) is 6.05. The molecule has 1 saturated heterocycles. The summed E-state index contributed by atoms with van der Waals surface area (Å²) in [6.45, 7) is 4.10. The Morgan fingerprint density at radius 2 is 2.30 bits per heavy atom. The summed E-state index contributed by atoms with van der Waals surface area (Å²) in [5.41, 5.74) is 0. The van der Waals surface area contributed by atoms with Crippen LogP contribution >= 0.6 is 11.3 Å². The van der Waals surface area contributed by atoms with Crippen molar-refractivity contribution in [2.45, 2.75) is 50.6 Å². The highest BCUT2D eigenvalue weighted by atomic mass is 32.1. The van der Waals surface area contributed by atoms with Gasteiger partial charge in [0.2, 0.25) is 5.89 Å². The number of aromatic nitrogens is 2. The van der Waals surface area contributed by atoms with Gasteiger partial charge >= 0.3 is 0 Å². The van der Waals surface area contributed by atoms with Crippen LogP contribution in [0.25, 0.3) is 0 Å². The van der Waals surface area contributed by atoms with Crippen molar-refractivity contribution >= 4 is 11.3 Å². The van der Waals surface area contributed by atoms with Gasteiger partial charge in [0.15, 0.2) is 5.82 Å². The summed E-state index contributed by atoms with van der Waals surface area (Å²) in [7, 11) is 0. The van der Waals surface area contributed by atoms with E-state index >= 15 is 0 Å². The highest BCUT2D eigenvalue weighted by Crippen LogP contribution is 2.38.